The van der Waals surface area contributed by atoms with E-state index in [4.69, 9.17) is 0 Å². The number of anilines is 1. The van der Waals surface area contributed by atoms with Gasteiger partial charge in [-0.1, -0.05) is 6.07 Å². The number of carbonyl (C=O) groups excluding carboxylic acids is 1. The molecular formula is C21H29N5O. The number of amides is 1. The number of nitrogens with zero attached hydrogens (tertiary/aromatic N) is 3. The van der Waals surface area contributed by atoms with E-state index < -0.39 is 0 Å². The number of rotatable bonds is 8. The Morgan fingerprint density at radius 1 is 1.30 bits per heavy atom. The largest absolute Gasteiger partial charge is 0.359 e. The molecule has 2 aromatic heterocycles. The van der Waals surface area contributed by atoms with Crippen LogP contribution in [0.3, 0.4) is 0 Å². The molecule has 1 saturated heterocycles. The summed E-state index contributed by atoms with van der Waals surface area (Å²) < 4.78 is 0. The average molecular weight is 367 g/mol. The molecule has 0 bridgehead atoms. The molecule has 2 N–H and O–H groups in total. The second-order valence-electron chi connectivity index (χ2n) is 7.18. The number of hydrogen-bond donors (Lipinski definition) is 2. The van der Waals surface area contributed by atoms with Crippen LogP contribution in [0.5, 0.6) is 0 Å². The Labute approximate surface area is 161 Å². The van der Waals surface area contributed by atoms with Gasteiger partial charge < -0.3 is 15.5 Å². The molecular weight excluding hydrogens is 338 g/mol. The molecule has 0 saturated carbocycles. The molecule has 2 aromatic rings. The van der Waals surface area contributed by atoms with Crippen LogP contribution in [0.2, 0.25) is 0 Å². The van der Waals surface area contributed by atoms with Gasteiger partial charge >= 0.3 is 0 Å². The van der Waals surface area contributed by atoms with Gasteiger partial charge in [0, 0.05) is 38.2 Å². The third-order valence-corrected chi connectivity index (χ3v) is 4.95. The zero-order chi connectivity index (χ0) is 18.9. The molecule has 0 aromatic carbocycles. The first-order chi connectivity index (χ1) is 13.2. The molecule has 3 rings (SSSR count). The minimum absolute atomic E-state index is 0.0748. The Balaban J connectivity index is 1.42. The van der Waals surface area contributed by atoms with Gasteiger partial charge in [0.05, 0.1) is 5.56 Å². The summed E-state index contributed by atoms with van der Waals surface area (Å²) in [6, 6.07) is 9.68. The number of aryl methyl sites for hydroxylation is 1. The molecule has 1 amide bonds. The maximum atomic E-state index is 12.3. The van der Waals surface area contributed by atoms with Crippen LogP contribution in [-0.2, 0) is 6.42 Å². The van der Waals surface area contributed by atoms with E-state index in [1.54, 1.807) is 12.4 Å². The smallest absolute Gasteiger partial charge is 0.252 e. The molecule has 0 spiro atoms. The first kappa shape index (κ1) is 19.3. The van der Waals surface area contributed by atoms with Gasteiger partial charge in [-0.15, -0.1) is 0 Å². The summed E-state index contributed by atoms with van der Waals surface area (Å²) in [6.45, 7) is 3.82. The summed E-state index contributed by atoms with van der Waals surface area (Å²) in [6.07, 6.45) is 7.69. The molecule has 3 heterocycles. The van der Waals surface area contributed by atoms with E-state index in [1.807, 2.05) is 30.3 Å². The van der Waals surface area contributed by atoms with Crippen molar-refractivity contribution in [3.8, 4) is 0 Å². The van der Waals surface area contributed by atoms with Crippen molar-refractivity contribution in [3.05, 3.63) is 54.0 Å². The fourth-order valence-corrected chi connectivity index (χ4v) is 3.43. The minimum atomic E-state index is -0.0748. The van der Waals surface area contributed by atoms with E-state index in [9.17, 15) is 4.79 Å². The summed E-state index contributed by atoms with van der Waals surface area (Å²) >= 11 is 0. The fourth-order valence-electron chi connectivity index (χ4n) is 3.43. The van der Waals surface area contributed by atoms with Crippen LogP contribution in [0.1, 0.15) is 35.3 Å². The highest BCUT2D eigenvalue weighted by molar-refractivity contribution is 5.94. The van der Waals surface area contributed by atoms with Crippen molar-refractivity contribution in [2.24, 2.45) is 5.92 Å². The molecule has 6 nitrogen and oxygen atoms in total. The molecule has 1 atom stereocenters. The van der Waals surface area contributed by atoms with Crippen LogP contribution in [0.25, 0.3) is 0 Å². The van der Waals surface area contributed by atoms with Crippen LogP contribution in [-0.4, -0.2) is 49.1 Å². The Hall–Kier alpha value is -2.47. The Bertz CT molecular complexity index is 698. The summed E-state index contributed by atoms with van der Waals surface area (Å²) in [7, 11) is 2.06. The Morgan fingerprint density at radius 2 is 2.22 bits per heavy atom. The van der Waals surface area contributed by atoms with E-state index in [2.05, 4.69) is 32.5 Å². The van der Waals surface area contributed by atoms with Crippen molar-refractivity contribution < 1.29 is 4.79 Å². The molecule has 1 fully saturated rings. The Morgan fingerprint density at radius 3 is 2.93 bits per heavy atom. The van der Waals surface area contributed by atoms with Gasteiger partial charge in [-0.25, -0.2) is 4.98 Å². The van der Waals surface area contributed by atoms with E-state index in [-0.39, 0.29) is 5.91 Å². The van der Waals surface area contributed by atoms with Gasteiger partial charge in [-0.05, 0) is 69.0 Å². The maximum absolute atomic E-state index is 12.3. The van der Waals surface area contributed by atoms with E-state index in [0.717, 1.165) is 44.0 Å². The lowest BCUT2D eigenvalue weighted by atomic mass is 9.99. The topological polar surface area (TPSA) is 70.2 Å². The maximum Gasteiger partial charge on any atom is 0.252 e. The molecule has 144 valence electrons. The lowest BCUT2D eigenvalue weighted by molar-refractivity contribution is 0.0953. The third-order valence-electron chi connectivity index (χ3n) is 4.95. The van der Waals surface area contributed by atoms with Gasteiger partial charge in [0.15, 0.2) is 0 Å². The van der Waals surface area contributed by atoms with Crippen LogP contribution in [0, 0.1) is 5.92 Å². The van der Waals surface area contributed by atoms with Crippen LogP contribution >= 0.6 is 0 Å². The van der Waals surface area contributed by atoms with Crippen molar-refractivity contribution in [1.82, 2.24) is 20.6 Å². The van der Waals surface area contributed by atoms with Gasteiger partial charge in [0.2, 0.25) is 0 Å². The van der Waals surface area contributed by atoms with Crippen molar-refractivity contribution in [1.29, 1.82) is 0 Å². The average Bonchev–Trinajstić information content (AvgIpc) is 2.72. The van der Waals surface area contributed by atoms with Crippen molar-refractivity contribution in [3.63, 3.8) is 0 Å². The van der Waals surface area contributed by atoms with Crippen LogP contribution in [0.4, 0.5) is 5.82 Å². The summed E-state index contributed by atoms with van der Waals surface area (Å²) in [5, 5.41) is 6.40. The van der Waals surface area contributed by atoms with Crippen molar-refractivity contribution >= 4 is 11.7 Å². The molecule has 1 aliphatic heterocycles. The standard InChI is InChI=1S/C21H29N5O/c1-26(16-17-6-4-11-22-14-17)20-10-9-18(15-25-20)21(27)24-13-5-8-19-7-2-3-12-23-19/h2-3,7,9-10,12,15,17,22H,4-6,8,11,13-14,16H2,1H3,(H,24,27)/t17-/m0/s1. The number of aromatic nitrogens is 2. The highest BCUT2D eigenvalue weighted by Crippen LogP contribution is 2.16. The second kappa shape index (κ2) is 10.0. The van der Waals surface area contributed by atoms with Crippen molar-refractivity contribution in [2.45, 2.75) is 25.7 Å². The number of nitrogens with one attached hydrogen (secondary N) is 2. The molecule has 1 aliphatic rings. The number of piperidine rings is 1. The summed E-state index contributed by atoms with van der Waals surface area (Å²) in [4.78, 5) is 23.2. The van der Waals surface area contributed by atoms with E-state index in [0.29, 0.717) is 18.0 Å². The monoisotopic (exact) mass is 367 g/mol. The first-order valence-corrected chi connectivity index (χ1v) is 9.78. The lowest BCUT2D eigenvalue weighted by Gasteiger charge is -2.28. The fraction of sp³-hybridized carbons (Fsp3) is 0.476. The van der Waals surface area contributed by atoms with Crippen LogP contribution < -0.4 is 15.5 Å². The lowest BCUT2D eigenvalue weighted by Crippen LogP contribution is -2.37. The van der Waals surface area contributed by atoms with Crippen molar-refractivity contribution in [2.75, 3.05) is 38.1 Å². The van der Waals surface area contributed by atoms with Crippen LogP contribution in [0.15, 0.2) is 42.7 Å². The van der Waals surface area contributed by atoms with Gasteiger partial charge in [-0.3, -0.25) is 9.78 Å². The minimum Gasteiger partial charge on any atom is -0.359 e. The van der Waals surface area contributed by atoms with E-state index in [1.165, 1.54) is 12.8 Å². The quantitative estimate of drug-likeness (QED) is 0.701. The zero-order valence-electron chi connectivity index (χ0n) is 16.0. The zero-order valence-corrected chi connectivity index (χ0v) is 16.0. The SMILES string of the molecule is CN(C[C@H]1CCCNC1)c1ccc(C(=O)NCCCc2ccccn2)cn1. The van der Waals surface area contributed by atoms with Gasteiger partial charge in [0.1, 0.15) is 5.82 Å². The molecule has 0 unspecified atom stereocenters. The van der Waals surface area contributed by atoms with Gasteiger partial charge in [-0.2, -0.15) is 0 Å². The molecule has 0 radical (unpaired) electrons. The summed E-state index contributed by atoms with van der Waals surface area (Å²) in [5.74, 6) is 1.49. The van der Waals surface area contributed by atoms with Gasteiger partial charge in [0.25, 0.3) is 5.91 Å². The second-order valence-corrected chi connectivity index (χ2v) is 7.18. The molecule has 6 heteroatoms. The van der Waals surface area contributed by atoms with E-state index >= 15 is 0 Å². The number of hydrogen-bond acceptors (Lipinski definition) is 5. The number of carbonyl (C=O) groups is 1. The number of pyridine rings is 2. The normalized spacial score (nSPS) is 16.7. The Kier molecular flexibility index (Phi) is 7.16. The highest BCUT2D eigenvalue weighted by atomic mass is 16.1. The predicted molar refractivity (Wildman–Crippen MR) is 108 cm³/mol. The first-order valence-electron chi connectivity index (χ1n) is 9.78. The molecule has 0 aliphatic carbocycles. The molecule has 27 heavy (non-hydrogen) atoms. The third kappa shape index (κ3) is 6.03. The highest BCUT2D eigenvalue weighted by Gasteiger charge is 2.16. The summed E-state index contributed by atoms with van der Waals surface area (Å²) in [5.41, 5.74) is 1.65. The predicted octanol–water partition coefficient (Wildman–Crippen LogP) is 2.27.